The molecule has 7 nitrogen and oxygen atoms in total. The number of rotatable bonds is 4. The lowest BCUT2D eigenvalue weighted by molar-refractivity contribution is -0.113. The molecular weight excluding hydrogens is 364 g/mol. The monoisotopic (exact) mass is 384 g/mol. The number of anilines is 1. The number of thioether (sulfide) groups is 1. The van der Waals surface area contributed by atoms with Crippen molar-refractivity contribution in [2.75, 3.05) is 11.1 Å². The molecule has 8 heteroatoms. The third-order valence-corrected chi connectivity index (χ3v) is 5.50. The Labute approximate surface area is 160 Å². The summed E-state index contributed by atoms with van der Waals surface area (Å²) >= 11 is 1.26. The molecular formula is C19H20N4O3S. The zero-order valence-corrected chi connectivity index (χ0v) is 16.4. The Balaban J connectivity index is 1.92. The number of nitrogens with one attached hydrogen (secondary N) is 1. The van der Waals surface area contributed by atoms with Crippen LogP contribution in [0.2, 0.25) is 0 Å². The Morgan fingerprint density at radius 1 is 1.11 bits per heavy atom. The molecule has 0 aliphatic rings. The normalized spacial score (nSPS) is 11.0. The molecule has 140 valence electrons. The molecule has 0 saturated carbocycles. The number of amides is 1. The van der Waals surface area contributed by atoms with Gasteiger partial charge in [-0.05, 0) is 31.5 Å². The van der Waals surface area contributed by atoms with Crippen LogP contribution in [0.25, 0.3) is 11.0 Å². The summed E-state index contributed by atoms with van der Waals surface area (Å²) in [6.45, 7) is 3.81. The fourth-order valence-electron chi connectivity index (χ4n) is 2.75. The third-order valence-electron chi connectivity index (χ3n) is 4.28. The summed E-state index contributed by atoms with van der Waals surface area (Å²) in [5, 5.41) is 3.19. The third kappa shape index (κ3) is 3.66. The summed E-state index contributed by atoms with van der Waals surface area (Å²) in [4.78, 5) is 42.0. The van der Waals surface area contributed by atoms with Crippen molar-refractivity contribution in [2.45, 2.75) is 18.7 Å². The maximum absolute atomic E-state index is 12.6. The fraction of sp³-hybridized carbons (Fsp3) is 0.263. The second-order valence-corrected chi connectivity index (χ2v) is 7.36. The number of hydrogen-bond donors (Lipinski definition) is 1. The zero-order valence-electron chi connectivity index (χ0n) is 15.6. The molecule has 0 fully saturated rings. The first-order chi connectivity index (χ1) is 12.8. The zero-order chi connectivity index (χ0) is 19.7. The minimum atomic E-state index is -0.433. The average Bonchev–Trinajstić information content (AvgIpc) is 2.65. The van der Waals surface area contributed by atoms with Gasteiger partial charge in [0.05, 0.1) is 11.1 Å². The van der Waals surface area contributed by atoms with E-state index in [1.807, 2.05) is 38.1 Å². The first-order valence-electron chi connectivity index (χ1n) is 8.34. The van der Waals surface area contributed by atoms with Crippen molar-refractivity contribution in [3.05, 3.63) is 62.4 Å². The molecule has 0 unspecified atom stereocenters. The van der Waals surface area contributed by atoms with E-state index in [0.717, 1.165) is 21.4 Å². The highest BCUT2D eigenvalue weighted by Crippen LogP contribution is 2.27. The maximum atomic E-state index is 12.6. The van der Waals surface area contributed by atoms with Crippen molar-refractivity contribution in [3.8, 4) is 0 Å². The SMILES string of the molecule is Cc1ccc(NC(=O)CSc2c(C)cnc3c2c(=O)n(C)c(=O)n3C)cc1. The summed E-state index contributed by atoms with van der Waals surface area (Å²) < 4.78 is 2.40. The van der Waals surface area contributed by atoms with Crippen molar-refractivity contribution in [3.63, 3.8) is 0 Å². The number of carbonyl (C=O) groups excluding carboxylic acids is 1. The van der Waals surface area contributed by atoms with Gasteiger partial charge in [-0.1, -0.05) is 17.7 Å². The van der Waals surface area contributed by atoms with Gasteiger partial charge in [-0.2, -0.15) is 0 Å². The van der Waals surface area contributed by atoms with E-state index in [1.165, 1.54) is 23.4 Å². The maximum Gasteiger partial charge on any atom is 0.332 e. The molecule has 3 rings (SSSR count). The lowest BCUT2D eigenvalue weighted by atomic mass is 10.2. The van der Waals surface area contributed by atoms with Crippen LogP contribution in [0, 0.1) is 13.8 Å². The molecule has 0 spiro atoms. The van der Waals surface area contributed by atoms with E-state index in [9.17, 15) is 14.4 Å². The average molecular weight is 384 g/mol. The Morgan fingerprint density at radius 3 is 2.44 bits per heavy atom. The first-order valence-corrected chi connectivity index (χ1v) is 9.33. The molecule has 0 saturated heterocycles. The minimum absolute atomic E-state index is 0.139. The highest BCUT2D eigenvalue weighted by atomic mass is 32.2. The number of hydrogen-bond acceptors (Lipinski definition) is 5. The summed E-state index contributed by atoms with van der Waals surface area (Å²) in [5.74, 6) is -0.0327. The molecule has 1 aromatic carbocycles. The van der Waals surface area contributed by atoms with Crippen LogP contribution in [0.3, 0.4) is 0 Å². The molecule has 0 bridgehead atoms. The van der Waals surface area contributed by atoms with Gasteiger partial charge in [0.15, 0.2) is 0 Å². The molecule has 27 heavy (non-hydrogen) atoms. The van der Waals surface area contributed by atoms with Crippen LogP contribution in [0.15, 0.2) is 44.9 Å². The van der Waals surface area contributed by atoms with Gasteiger partial charge >= 0.3 is 5.69 Å². The van der Waals surface area contributed by atoms with Crippen LogP contribution in [0.5, 0.6) is 0 Å². The number of fused-ring (bicyclic) bond motifs is 1. The van der Waals surface area contributed by atoms with Crippen LogP contribution in [0.1, 0.15) is 11.1 Å². The Kier molecular flexibility index (Phi) is 5.18. The second kappa shape index (κ2) is 7.40. The number of aromatic nitrogens is 3. The van der Waals surface area contributed by atoms with Crippen LogP contribution in [0.4, 0.5) is 5.69 Å². The molecule has 0 aliphatic heterocycles. The van der Waals surface area contributed by atoms with E-state index in [4.69, 9.17) is 0 Å². The predicted molar refractivity (Wildman–Crippen MR) is 107 cm³/mol. The van der Waals surface area contributed by atoms with Crippen LogP contribution < -0.4 is 16.6 Å². The lowest BCUT2D eigenvalue weighted by Crippen LogP contribution is -2.37. The standard InChI is InChI=1S/C19H20N4O3S/c1-11-5-7-13(8-6-11)21-14(24)10-27-16-12(2)9-20-17-15(16)18(25)23(4)19(26)22(17)3/h5-9H,10H2,1-4H3,(H,21,24). The molecule has 0 atom stereocenters. The van der Waals surface area contributed by atoms with Gasteiger partial charge in [-0.15, -0.1) is 11.8 Å². The topological polar surface area (TPSA) is 86.0 Å². The lowest BCUT2D eigenvalue weighted by Gasteiger charge is -2.12. The molecule has 0 aliphatic carbocycles. The predicted octanol–water partition coefficient (Wildman–Crippen LogP) is 1.98. The van der Waals surface area contributed by atoms with Crippen molar-refractivity contribution >= 4 is 34.4 Å². The highest BCUT2D eigenvalue weighted by Gasteiger charge is 2.17. The number of aryl methyl sites for hydroxylation is 3. The van der Waals surface area contributed by atoms with E-state index in [1.54, 1.807) is 13.2 Å². The van der Waals surface area contributed by atoms with E-state index in [0.29, 0.717) is 15.9 Å². The van der Waals surface area contributed by atoms with E-state index in [-0.39, 0.29) is 11.7 Å². The van der Waals surface area contributed by atoms with E-state index >= 15 is 0 Å². The van der Waals surface area contributed by atoms with Crippen LogP contribution in [-0.4, -0.2) is 25.8 Å². The Hall–Kier alpha value is -2.87. The van der Waals surface area contributed by atoms with Gasteiger partial charge in [0.25, 0.3) is 5.56 Å². The van der Waals surface area contributed by atoms with Gasteiger partial charge in [0, 0.05) is 30.9 Å². The number of carbonyl (C=O) groups is 1. The first kappa shape index (κ1) is 18.9. The number of nitrogens with zero attached hydrogens (tertiary/aromatic N) is 3. The molecule has 1 N–H and O–H groups in total. The van der Waals surface area contributed by atoms with Crippen molar-refractivity contribution in [1.82, 2.24) is 14.1 Å². The van der Waals surface area contributed by atoms with Crippen molar-refractivity contribution in [1.29, 1.82) is 0 Å². The molecule has 2 heterocycles. The molecule has 1 amide bonds. The summed E-state index contributed by atoms with van der Waals surface area (Å²) in [5.41, 5.74) is 2.09. The number of benzene rings is 1. The Bertz CT molecular complexity index is 1150. The summed E-state index contributed by atoms with van der Waals surface area (Å²) in [6, 6.07) is 7.54. The minimum Gasteiger partial charge on any atom is -0.325 e. The highest BCUT2D eigenvalue weighted by molar-refractivity contribution is 8.00. The van der Waals surface area contributed by atoms with Crippen molar-refractivity contribution < 1.29 is 4.79 Å². The van der Waals surface area contributed by atoms with Crippen LogP contribution >= 0.6 is 11.8 Å². The van der Waals surface area contributed by atoms with Gasteiger partial charge in [0.2, 0.25) is 5.91 Å². The van der Waals surface area contributed by atoms with E-state index < -0.39 is 11.2 Å². The summed E-state index contributed by atoms with van der Waals surface area (Å²) in [7, 11) is 3.01. The van der Waals surface area contributed by atoms with Gasteiger partial charge in [-0.25, -0.2) is 9.78 Å². The van der Waals surface area contributed by atoms with Crippen LogP contribution in [-0.2, 0) is 18.9 Å². The van der Waals surface area contributed by atoms with Gasteiger partial charge in [-0.3, -0.25) is 18.7 Å². The fourth-order valence-corrected chi connectivity index (χ4v) is 3.71. The quantitative estimate of drug-likeness (QED) is 0.695. The largest absolute Gasteiger partial charge is 0.332 e. The van der Waals surface area contributed by atoms with E-state index in [2.05, 4.69) is 10.3 Å². The molecule has 2 aromatic heterocycles. The van der Waals surface area contributed by atoms with Gasteiger partial charge in [0.1, 0.15) is 5.65 Å². The smallest absolute Gasteiger partial charge is 0.325 e. The number of pyridine rings is 1. The molecule has 0 radical (unpaired) electrons. The molecule has 3 aromatic rings. The van der Waals surface area contributed by atoms with Crippen molar-refractivity contribution in [2.24, 2.45) is 14.1 Å². The van der Waals surface area contributed by atoms with Gasteiger partial charge < -0.3 is 5.32 Å². The second-order valence-electron chi connectivity index (χ2n) is 6.38. The Morgan fingerprint density at radius 2 is 1.78 bits per heavy atom. The summed E-state index contributed by atoms with van der Waals surface area (Å²) in [6.07, 6.45) is 1.61.